The zero-order valence-corrected chi connectivity index (χ0v) is 13.5. The maximum absolute atomic E-state index is 14.2. The summed E-state index contributed by atoms with van der Waals surface area (Å²) < 4.78 is 18.8. The molecule has 24 heavy (non-hydrogen) atoms. The molecule has 0 aliphatic carbocycles. The van der Waals surface area contributed by atoms with Gasteiger partial charge in [0.05, 0.1) is 11.8 Å². The van der Waals surface area contributed by atoms with E-state index in [4.69, 9.17) is 5.11 Å². The Hall–Kier alpha value is -2.80. The SMILES string of the molecule is Cc1cnn(-c2ccc(SNc3ccc(C(=O)O)cc3)cc2F)c1. The minimum atomic E-state index is -0.972. The number of anilines is 1. The highest BCUT2D eigenvalue weighted by molar-refractivity contribution is 8.00. The number of hydrogen-bond acceptors (Lipinski definition) is 4. The van der Waals surface area contributed by atoms with Crippen LogP contribution in [-0.4, -0.2) is 20.9 Å². The topological polar surface area (TPSA) is 67.2 Å². The number of aryl methyl sites for hydroxylation is 1. The number of benzene rings is 2. The van der Waals surface area contributed by atoms with E-state index in [0.717, 1.165) is 11.3 Å². The average molecular weight is 343 g/mol. The van der Waals surface area contributed by atoms with Crippen LogP contribution in [0.1, 0.15) is 15.9 Å². The minimum Gasteiger partial charge on any atom is -0.478 e. The second-order valence-corrected chi connectivity index (χ2v) is 6.04. The summed E-state index contributed by atoms with van der Waals surface area (Å²) in [5.41, 5.74) is 2.30. The Bertz CT molecular complexity index is 878. The molecule has 0 saturated carbocycles. The molecule has 1 heterocycles. The molecule has 0 aliphatic rings. The van der Waals surface area contributed by atoms with Crippen molar-refractivity contribution in [3.05, 3.63) is 71.8 Å². The number of aromatic carboxylic acids is 1. The molecule has 2 aromatic carbocycles. The molecule has 0 saturated heterocycles. The van der Waals surface area contributed by atoms with E-state index in [1.165, 1.54) is 34.8 Å². The van der Waals surface area contributed by atoms with Crippen molar-refractivity contribution in [3.8, 4) is 5.69 Å². The van der Waals surface area contributed by atoms with E-state index < -0.39 is 5.97 Å². The number of nitrogens with one attached hydrogen (secondary N) is 1. The lowest BCUT2D eigenvalue weighted by atomic mass is 10.2. The molecule has 7 heteroatoms. The molecular formula is C17H14FN3O2S. The van der Waals surface area contributed by atoms with Gasteiger partial charge in [0, 0.05) is 16.8 Å². The zero-order chi connectivity index (χ0) is 17.1. The van der Waals surface area contributed by atoms with Crippen molar-refractivity contribution in [1.29, 1.82) is 0 Å². The predicted octanol–water partition coefficient (Wildman–Crippen LogP) is 4.14. The number of rotatable bonds is 5. The molecular weight excluding hydrogens is 329 g/mol. The Morgan fingerprint density at radius 3 is 2.58 bits per heavy atom. The van der Waals surface area contributed by atoms with Gasteiger partial charge in [-0.2, -0.15) is 5.10 Å². The molecule has 0 spiro atoms. The predicted molar refractivity (Wildman–Crippen MR) is 91.1 cm³/mol. The third-order valence-electron chi connectivity index (χ3n) is 3.30. The van der Waals surface area contributed by atoms with Gasteiger partial charge in [-0.1, -0.05) is 0 Å². The number of aromatic nitrogens is 2. The zero-order valence-electron chi connectivity index (χ0n) is 12.7. The molecule has 0 atom stereocenters. The average Bonchev–Trinajstić information content (AvgIpc) is 2.99. The largest absolute Gasteiger partial charge is 0.478 e. The lowest BCUT2D eigenvalue weighted by Crippen LogP contribution is -1.98. The number of nitrogens with zero attached hydrogens (tertiary/aromatic N) is 2. The van der Waals surface area contributed by atoms with Crippen LogP contribution in [0.2, 0.25) is 0 Å². The van der Waals surface area contributed by atoms with Gasteiger partial charge >= 0.3 is 5.97 Å². The van der Waals surface area contributed by atoms with Crippen molar-refractivity contribution >= 4 is 23.6 Å². The number of hydrogen-bond donors (Lipinski definition) is 2. The summed E-state index contributed by atoms with van der Waals surface area (Å²) in [5, 5.41) is 13.0. The standard InChI is InChI=1S/C17H14FN3O2S/c1-11-9-19-21(10-11)16-7-6-14(8-15(16)18)24-20-13-4-2-12(3-5-13)17(22)23/h2-10,20H,1H3,(H,22,23). The van der Waals surface area contributed by atoms with E-state index >= 15 is 0 Å². The molecule has 2 N–H and O–H groups in total. The van der Waals surface area contributed by atoms with E-state index in [1.807, 2.05) is 6.92 Å². The van der Waals surface area contributed by atoms with Crippen LogP contribution in [0.4, 0.5) is 10.1 Å². The van der Waals surface area contributed by atoms with E-state index in [-0.39, 0.29) is 11.4 Å². The van der Waals surface area contributed by atoms with Crippen molar-refractivity contribution in [2.75, 3.05) is 4.72 Å². The number of carbonyl (C=O) groups is 1. The molecule has 122 valence electrons. The van der Waals surface area contributed by atoms with Crippen LogP contribution in [0.5, 0.6) is 0 Å². The van der Waals surface area contributed by atoms with E-state index in [9.17, 15) is 9.18 Å². The fraction of sp³-hybridized carbons (Fsp3) is 0.0588. The fourth-order valence-corrected chi connectivity index (χ4v) is 2.75. The highest BCUT2D eigenvalue weighted by Gasteiger charge is 2.08. The van der Waals surface area contributed by atoms with Gasteiger partial charge in [0.15, 0.2) is 0 Å². The highest BCUT2D eigenvalue weighted by Crippen LogP contribution is 2.24. The maximum Gasteiger partial charge on any atom is 0.335 e. The van der Waals surface area contributed by atoms with Gasteiger partial charge in [0.1, 0.15) is 11.5 Å². The van der Waals surface area contributed by atoms with E-state index in [0.29, 0.717) is 10.6 Å². The van der Waals surface area contributed by atoms with Crippen LogP contribution in [0.25, 0.3) is 5.69 Å². The summed E-state index contributed by atoms with van der Waals surface area (Å²) in [6.45, 7) is 1.89. The van der Waals surface area contributed by atoms with Crippen LogP contribution in [0, 0.1) is 12.7 Å². The number of carboxylic acids is 1. The molecule has 0 aliphatic heterocycles. The summed E-state index contributed by atoms with van der Waals surface area (Å²) in [4.78, 5) is 11.5. The molecule has 5 nitrogen and oxygen atoms in total. The smallest absolute Gasteiger partial charge is 0.335 e. The molecule has 0 radical (unpaired) electrons. The van der Waals surface area contributed by atoms with Crippen molar-refractivity contribution in [1.82, 2.24) is 9.78 Å². The first-order valence-corrected chi connectivity index (χ1v) is 7.92. The summed E-state index contributed by atoms with van der Waals surface area (Å²) in [7, 11) is 0. The monoisotopic (exact) mass is 343 g/mol. The normalized spacial score (nSPS) is 10.6. The van der Waals surface area contributed by atoms with Gasteiger partial charge in [0.2, 0.25) is 0 Å². The first-order valence-electron chi connectivity index (χ1n) is 7.10. The molecule has 3 aromatic rings. The molecule has 0 amide bonds. The van der Waals surface area contributed by atoms with Crippen molar-refractivity contribution in [3.63, 3.8) is 0 Å². The molecule has 0 unspecified atom stereocenters. The second-order valence-electron chi connectivity index (χ2n) is 5.16. The molecule has 1 aromatic heterocycles. The van der Waals surface area contributed by atoms with Crippen LogP contribution < -0.4 is 4.72 Å². The lowest BCUT2D eigenvalue weighted by Gasteiger charge is -2.08. The van der Waals surface area contributed by atoms with Crippen LogP contribution >= 0.6 is 11.9 Å². The van der Waals surface area contributed by atoms with Gasteiger partial charge < -0.3 is 9.83 Å². The summed E-state index contributed by atoms with van der Waals surface area (Å²) in [5.74, 6) is -1.34. The Balaban J connectivity index is 1.69. The maximum atomic E-state index is 14.2. The van der Waals surface area contributed by atoms with E-state index in [2.05, 4.69) is 9.82 Å². The van der Waals surface area contributed by atoms with Crippen molar-refractivity contribution in [2.24, 2.45) is 0 Å². The minimum absolute atomic E-state index is 0.218. The Kier molecular flexibility index (Phi) is 4.52. The molecule has 0 fully saturated rings. The third-order valence-corrected chi connectivity index (χ3v) is 4.12. The van der Waals surface area contributed by atoms with E-state index in [1.54, 1.807) is 36.7 Å². The summed E-state index contributed by atoms with van der Waals surface area (Å²) in [6.07, 6.45) is 3.43. The number of carboxylic acid groups (broad SMARTS) is 1. The quantitative estimate of drug-likeness (QED) is 0.682. The van der Waals surface area contributed by atoms with Gasteiger partial charge in [-0.15, -0.1) is 0 Å². The lowest BCUT2D eigenvalue weighted by molar-refractivity contribution is 0.0697. The second kappa shape index (κ2) is 6.76. The summed E-state index contributed by atoms with van der Waals surface area (Å²) >= 11 is 1.24. The van der Waals surface area contributed by atoms with Crippen LogP contribution in [0.3, 0.4) is 0 Å². The molecule has 3 rings (SSSR count). The first kappa shape index (κ1) is 16.1. The highest BCUT2D eigenvalue weighted by atomic mass is 32.2. The van der Waals surface area contributed by atoms with Crippen LogP contribution in [0.15, 0.2) is 59.8 Å². The fourth-order valence-electron chi connectivity index (χ4n) is 2.08. The van der Waals surface area contributed by atoms with Crippen LogP contribution in [-0.2, 0) is 0 Å². The van der Waals surface area contributed by atoms with Gasteiger partial charge in [-0.3, -0.25) is 0 Å². The Morgan fingerprint density at radius 1 is 1.25 bits per heavy atom. The Morgan fingerprint density at radius 2 is 2.00 bits per heavy atom. The number of halogens is 1. The van der Waals surface area contributed by atoms with Crippen molar-refractivity contribution < 1.29 is 14.3 Å². The first-order chi connectivity index (χ1) is 11.5. The molecule has 0 bridgehead atoms. The van der Waals surface area contributed by atoms with Gasteiger partial charge in [0.25, 0.3) is 0 Å². The third kappa shape index (κ3) is 3.57. The summed E-state index contributed by atoms with van der Waals surface area (Å²) in [6, 6.07) is 11.2. The Labute approximate surface area is 142 Å². The van der Waals surface area contributed by atoms with Gasteiger partial charge in [-0.05, 0) is 66.9 Å². The van der Waals surface area contributed by atoms with Crippen molar-refractivity contribution in [2.45, 2.75) is 11.8 Å². The van der Waals surface area contributed by atoms with Gasteiger partial charge in [-0.25, -0.2) is 13.9 Å².